The minimum absolute atomic E-state index is 0.0149. The number of Topliss-reactive ketones (excluding diaryl/α,β-unsaturated/α-hetero) is 1. The summed E-state index contributed by atoms with van der Waals surface area (Å²) in [7, 11) is 0. The van der Waals surface area contributed by atoms with E-state index in [1.54, 1.807) is 24.3 Å². The van der Waals surface area contributed by atoms with Crippen molar-refractivity contribution >= 4 is 29.1 Å². The summed E-state index contributed by atoms with van der Waals surface area (Å²) in [4.78, 5) is 29.9. The van der Waals surface area contributed by atoms with Crippen molar-refractivity contribution in [3.05, 3.63) is 36.0 Å². The van der Waals surface area contributed by atoms with E-state index in [1.165, 1.54) is 13.1 Å². The van der Waals surface area contributed by atoms with Gasteiger partial charge < -0.3 is 21.5 Å². The van der Waals surface area contributed by atoms with Gasteiger partial charge >= 0.3 is 0 Å². The van der Waals surface area contributed by atoms with Gasteiger partial charge in [-0.15, -0.1) is 0 Å². The van der Waals surface area contributed by atoms with Crippen LogP contribution in [0.25, 0.3) is 0 Å². The predicted molar refractivity (Wildman–Crippen MR) is 80.9 cm³/mol. The third kappa shape index (κ3) is 3.92. The van der Waals surface area contributed by atoms with Gasteiger partial charge in [-0.1, -0.05) is 0 Å². The smallest absolute Gasteiger partial charge is 0.254 e. The third-order valence-corrected chi connectivity index (χ3v) is 2.63. The van der Waals surface area contributed by atoms with Crippen LogP contribution < -0.4 is 21.5 Å². The van der Waals surface area contributed by atoms with Gasteiger partial charge in [-0.3, -0.25) is 9.59 Å². The lowest BCUT2D eigenvalue weighted by Gasteiger charge is -2.10. The third-order valence-electron chi connectivity index (χ3n) is 2.63. The van der Waals surface area contributed by atoms with Crippen molar-refractivity contribution in [2.75, 3.05) is 17.7 Å². The molecule has 114 valence electrons. The second-order valence-electron chi connectivity index (χ2n) is 4.49. The lowest BCUT2D eigenvalue weighted by Crippen LogP contribution is -2.15. The summed E-state index contributed by atoms with van der Waals surface area (Å²) in [5.74, 6) is 0.0677. The van der Waals surface area contributed by atoms with E-state index >= 15 is 0 Å². The molecule has 22 heavy (non-hydrogen) atoms. The summed E-state index contributed by atoms with van der Waals surface area (Å²) in [6.45, 7) is 1.46. The Bertz CT molecular complexity index is 700. The largest absolute Gasteiger partial charge is 0.486 e. The highest BCUT2D eigenvalue weighted by molar-refractivity contribution is 5.98. The normalized spacial score (nSPS) is 10.0. The van der Waals surface area contributed by atoms with Gasteiger partial charge in [0.2, 0.25) is 5.95 Å². The zero-order chi connectivity index (χ0) is 16.1. The molecule has 0 unspecified atom stereocenters. The van der Waals surface area contributed by atoms with Crippen LogP contribution >= 0.6 is 0 Å². The topological polar surface area (TPSA) is 133 Å². The highest BCUT2D eigenvalue weighted by Gasteiger charge is 2.11. The van der Waals surface area contributed by atoms with E-state index in [1.807, 2.05) is 0 Å². The van der Waals surface area contributed by atoms with Gasteiger partial charge in [-0.2, -0.15) is 4.98 Å². The van der Waals surface area contributed by atoms with E-state index in [0.29, 0.717) is 11.4 Å². The Morgan fingerprint density at radius 3 is 2.55 bits per heavy atom. The maximum Gasteiger partial charge on any atom is 0.254 e. The predicted octanol–water partition coefficient (Wildman–Crippen LogP) is 0.869. The van der Waals surface area contributed by atoms with Crippen molar-refractivity contribution in [3.8, 4) is 5.75 Å². The quantitative estimate of drug-likeness (QED) is 0.720. The van der Waals surface area contributed by atoms with Crippen molar-refractivity contribution in [1.82, 2.24) is 9.97 Å². The number of hydrogen-bond donors (Lipinski definition) is 3. The number of nitrogen functional groups attached to an aromatic ring is 1. The Labute approximate surface area is 126 Å². The highest BCUT2D eigenvalue weighted by Crippen LogP contribution is 2.21. The van der Waals surface area contributed by atoms with E-state index < -0.39 is 5.91 Å². The van der Waals surface area contributed by atoms with Crippen molar-refractivity contribution in [1.29, 1.82) is 0 Å². The number of aromatic nitrogens is 2. The zero-order valence-corrected chi connectivity index (χ0v) is 11.9. The fraction of sp³-hybridized carbons (Fsp3) is 0.143. The Morgan fingerprint density at radius 2 is 1.95 bits per heavy atom. The first-order chi connectivity index (χ1) is 10.5. The van der Waals surface area contributed by atoms with Gasteiger partial charge in [0.1, 0.15) is 23.7 Å². The van der Waals surface area contributed by atoms with E-state index in [0.717, 1.165) is 0 Å². The van der Waals surface area contributed by atoms with Crippen LogP contribution in [0.15, 0.2) is 30.5 Å². The molecule has 0 atom stereocenters. The second-order valence-corrected chi connectivity index (χ2v) is 4.49. The number of benzene rings is 1. The Morgan fingerprint density at radius 1 is 1.27 bits per heavy atom. The van der Waals surface area contributed by atoms with Gasteiger partial charge in [0.15, 0.2) is 5.78 Å². The van der Waals surface area contributed by atoms with Crippen LogP contribution in [-0.4, -0.2) is 28.3 Å². The number of anilines is 3. The number of ether oxygens (including phenoxy) is 1. The molecule has 2 rings (SSSR count). The van der Waals surface area contributed by atoms with Gasteiger partial charge in [-0.25, -0.2) is 4.98 Å². The van der Waals surface area contributed by atoms with E-state index in [-0.39, 0.29) is 29.7 Å². The number of carbonyl (C=O) groups excluding carboxylic acids is 2. The fourth-order valence-corrected chi connectivity index (χ4v) is 1.63. The number of primary amides is 1. The summed E-state index contributed by atoms with van der Waals surface area (Å²) >= 11 is 0. The maximum absolute atomic E-state index is 11.3. The molecule has 1 aromatic heterocycles. The number of nitrogens with zero attached hydrogens (tertiary/aromatic N) is 2. The number of amides is 1. The minimum Gasteiger partial charge on any atom is -0.486 e. The van der Waals surface area contributed by atoms with Crippen LogP contribution in [-0.2, 0) is 4.79 Å². The van der Waals surface area contributed by atoms with Crippen LogP contribution in [0.5, 0.6) is 5.75 Å². The number of nitrogens with one attached hydrogen (secondary N) is 1. The molecule has 0 spiro atoms. The number of rotatable bonds is 6. The summed E-state index contributed by atoms with van der Waals surface area (Å²) in [6.07, 6.45) is 1.26. The number of hydrogen-bond acceptors (Lipinski definition) is 7. The molecule has 0 bridgehead atoms. The van der Waals surface area contributed by atoms with Crippen LogP contribution in [0.2, 0.25) is 0 Å². The second kappa shape index (κ2) is 6.53. The molecule has 0 saturated carbocycles. The lowest BCUT2D eigenvalue weighted by molar-refractivity contribution is -0.118. The van der Waals surface area contributed by atoms with E-state index in [9.17, 15) is 9.59 Å². The maximum atomic E-state index is 11.3. The molecule has 1 amide bonds. The minimum atomic E-state index is -0.663. The van der Waals surface area contributed by atoms with Crippen LogP contribution in [0.3, 0.4) is 0 Å². The molecule has 0 aliphatic heterocycles. The molecule has 0 saturated heterocycles. The van der Waals surface area contributed by atoms with Crippen molar-refractivity contribution in [2.24, 2.45) is 5.73 Å². The standard InChI is InChI=1S/C14H15N5O3/c1-8(20)7-22-10-4-2-9(3-5-10)18-13-11(12(15)21)6-17-14(16)19-13/h2-6H,7H2,1H3,(H2,15,21)(H3,16,17,18,19). The molecule has 0 aliphatic carbocycles. The van der Waals surface area contributed by atoms with Gasteiger partial charge in [-0.05, 0) is 31.2 Å². The fourth-order valence-electron chi connectivity index (χ4n) is 1.63. The average molecular weight is 301 g/mol. The van der Waals surface area contributed by atoms with Gasteiger partial charge in [0.05, 0.1) is 0 Å². The molecular weight excluding hydrogens is 286 g/mol. The molecule has 1 heterocycles. The molecular formula is C14H15N5O3. The highest BCUT2D eigenvalue weighted by atomic mass is 16.5. The molecule has 0 radical (unpaired) electrons. The molecule has 8 nitrogen and oxygen atoms in total. The zero-order valence-electron chi connectivity index (χ0n) is 11.9. The van der Waals surface area contributed by atoms with Crippen LogP contribution in [0, 0.1) is 0 Å². The van der Waals surface area contributed by atoms with Gasteiger partial charge in [0, 0.05) is 11.9 Å². The Kier molecular flexibility index (Phi) is 4.52. The van der Waals surface area contributed by atoms with Crippen molar-refractivity contribution in [3.63, 3.8) is 0 Å². The first-order valence-corrected chi connectivity index (χ1v) is 6.37. The Balaban J connectivity index is 2.15. The summed E-state index contributed by atoms with van der Waals surface area (Å²) in [5, 5.41) is 2.93. The van der Waals surface area contributed by atoms with Crippen molar-refractivity contribution in [2.45, 2.75) is 6.92 Å². The monoisotopic (exact) mass is 301 g/mol. The first-order valence-electron chi connectivity index (χ1n) is 6.37. The average Bonchev–Trinajstić information content (AvgIpc) is 2.46. The lowest BCUT2D eigenvalue weighted by atomic mass is 10.2. The number of carbonyl (C=O) groups is 2. The van der Waals surface area contributed by atoms with Crippen LogP contribution in [0.1, 0.15) is 17.3 Å². The van der Waals surface area contributed by atoms with Gasteiger partial charge in [0.25, 0.3) is 5.91 Å². The molecule has 1 aromatic carbocycles. The first kappa shape index (κ1) is 15.2. The molecule has 8 heteroatoms. The summed E-state index contributed by atoms with van der Waals surface area (Å²) in [6, 6.07) is 6.77. The molecule has 5 N–H and O–H groups in total. The Hall–Kier alpha value is -3.16. The number of nitrogens with two attached hydrogens (primary N) is 2. The molecule has 0 fully saturated rings. The van der Waals surface area contributed by atoms with Crippen molar-refractivity contribution < 1.29 is 14.3 Å². The summed E-state index contributed by atoms with van der Waals surface area (Å²) < 4.78 is 5.26. The van der Waals surface area contributed by atoms with E-state index in [2.05, 4.69) is 15.3 Å². The number of ketones is 1. The molecule has 2 aromatic rings. The molecule has 0 aliphatic rings. The summed E-state index contributed by atoms with van der Waals surface area (Å²) in [5.41, 5.74) is 11.5. The van der Waals surface area contributed by atoms with Crippen LogP contribution in [0.4, 0.5) is 17.5 Å². The van der Waals surface area contributed by atoms with E-state index in [4.69, 9.17) is 16.2 Å². The SMILES string of the molecule is CC(=O)COc1ccc(Nc2nc(N)ncc2C(N)=O)cc1.